The lowest BCUT2D eigenvalue weighted by Gasteiger charge is -2.11. The number of aromatic carboxylic acids is 2. The zero-order valence-electron chi connectivity index (χ0n) is 9.59. The van der Waals surface area contributed by atoms with Gasteiger partial charge in [0.05, 0.1) is 11.1 Å². The number of rotatable bonds is 6. The molecule has 18 heavy (non-hydrogen) atoms. The van der Waals surface area contributed by atoms with Gasteiger partial charge >= 0.3 is 11.9 Å². The van der Waals surface area contributed by atoms with Gasteiger partial charge in [-0.3, -0.25) is 0 Å². The molecule has 0 aliphatic carbocycles. The van der Waals surface area contributed by atoms with Crippen LogP contribution >= 0.6 is 0 Å². The van der Waals surface area contributed by atoms with E-state index in [9.17, 15) is 9.59 Å². The molecule has 0 saturated heterocycles. The van der Waals surface area contributed by atoms with Crippen molar-refractivity contribution < 1.29 is 30.0 Å². The van der Waals surface area contributed by atoms with Crippen molar-refractivity contribution in [2.24, 2.45) is 0 Å². The molecule has 0 atom stereocenters. The Morgan fingerprint density at radius 2 is 1.22 bits per heavy atom. The van der Waals surface area contributed by atoms with Gasteiger partial charge in [-0.1, -0.05) is 6.07 Å². The molecule has 4 N–H and O–H groups in total. The molecule has 1 aromatic carbocycles. The molecular weight excluding hydrogens is 240 g/mol. The van der Waals surface area contributed by atoms with Crippen LogP contribution in [0.2, 0.25) is 0 Å². The van der Waals surface area contributed by atoms with E-state index in [2.05, 4.69) is 0 Å². The molecule has 0 aromatic heterocycles. The molecule has 0 bridgehead atoms. The molecule has 0 aliphatic rings. The molecule has 0 heterocycles. The maximum absolute atomic E-state index is 11.0. The summed E-state index contributed by atoms with van der Waals surface area (Å²) in [6.45, 7) is -0.462. The van der Waals surface area contributed by atoms with Gasteiger partial charge in [0.25, 0.3) is 0 Å². The van der Waals surface area contributed by atoms with E-state index in [1.165, 1.54) is 6.07 Å². The summed E-state index contributed by atoms with van der Waals surface area (Å²) in [6, 6.07) is 2.49. The Hall–Kier alpha value is -1.92. The number of carbonyl (C=O) groups is 2. The summed E-state index contributed by atoms with van der Waals surface area (Å²) in [5.41, 5.74) is 0.447. The highest BCUT2D eigenvalue weighted by Gasteiger charge is 2.18. The average Bonchev–Trinajstić information content (AvgIpc) is 2.29. The van der Waals surface area contributed by atoms with Crippen molar-refractivity contribution in [3.63, 3.8) is 0 Å². The Bertz CT molecular complexity index is 427. The minimum absolute atomic E-state index is 0.125. The lowest BCUT2D eigenvalue weighted by Crippen LogP contribution is -2.11. The van der Waals surface area contributed by atoms with E-state index in [0.717, 1.165) is 6.07 Å². The highest BCUT2D eigenvalue weighted by molar-refractivity contribution is 5.96. The minimum Gasteiger partial charge on any atom is -0.478 e. The lowest BCUT2D eigenvalue weighted by molar-refractivity contribution is 0.0694. The van der Waals surface area contributed by atoms with E-state index < -0.39 is 11.9 Å². The summed E-state index contributed by atoms with van der Waals surface area (Å²) in [6.07, 6.45) is 0.250. The summed E-state index contributed by atoms with van der Waals surface area (Å²) in [5, 5.41) is 35.7. The number of benzene rings is 1. The average molecular weight is 254 g/mol. The third-order valence-corrected chi connectivity index (χ3v) is 2.55. The maximum Gasteiger partial charge on any atom is 0.335 e. The van der Waals surface area contributed by atoms with E-state index in [1.54, 1.807) is 0 Å². The molecule has 6 heteroatoms. The van der Waals surface area contributed by atoms with Crippen molar-refractivity contribution in [2.75, 3.05) is 13.2 Å². The predicted octanol–water partition coefficient (Wildman–Crippen LogP) is 0.153. The standard InChI is InChI=1S/C12H14O6/c13-3-1-7-5-8(2-4-14)10(12(17)18)6-9(7)11(15)16/h5-6,13-14H,1-4H2,(H,15,16)(H,17,18). The summed E-state index contributed by atoms with van der Waals surface area (Å²) < 4.78 is 0. The number of hydrogen-bond acceptors (Lipinski definition) is 4. The highest BCUT2D eigenvalue weighted by Crippen LogP contribution is 2.19. The van der Waals surface area contributed by atoms with Crippen molar-refractivity contribution in [2.45, 2.75) is 12.8 Å². The van der Waals surface area contributed by atoms with Gasteiger partial charge in [0, 0.05) is 13.2 Å². The van der Waals surface area contributed by atoms with Crippen molar-refractivity contribution in [3.8, 4) is 0 Å². The van der Waals surface area contributed by atoms with Crippen molar-refractivity contribution in [3.05, 3.63) is 34.4 Å². The first-order valence-corrected chi connectivity index (χ1v) is 5.35. The Morgan fingerprint density at radius 1 is 0.833 bits per heavy atom. The molecule has 6 nitrogen and oxygen atoms in total. The molecule has 0 spiro atoms. The number of carboxylic acid groups (broad SMARTS) is 2. The van der Waals surface area contributed by atoms with Gasteiger partial charge in [-0.05, 0) is 30.0 Å². The molecular formula is C12H14O6. The van der Waals surface area contributed by atoms with Crippen LogP contribution in [0.15, 0.2) is 12.1 Å². The molecule has 0 unspecified atom stereocenters. The fourth-order valence-corrected chi connectivity index (χ4v) is 1.75. The number of aliphatic hydroxyl groups excluding tert-OH is 2. The second kappa shape index (κ2) is 6.13. The van der Waals surface area contributed by atoms with Crippen molar-refractivity contribution in [1.82, 2.24) is 0 Å². The van der Waals surface area contributed by atoms with E-state index in [4.69, 9.17) is 20.4 Å². The Kier molecular flexibility index (Phi) is 4.82. The van der Waals surface area contributed by atoms with Gasteiger partial charge in [-0.25, -0.2) is 9.59 Å². The number of hydrogen-bond donors (Lipinski definition) is 4. The smallest absolute Gasteiger partial charge is 0.335 e. The molecule has 0 aliphatic heterocycles. The molecule has 0 saturated carbocycles. The van der Waals surface area contributed by atoms with Gasteiger partial charge < -0.3 is 20.4 Å². The second-order valence-corrected chi connectivity index (χ2v) is 3.72. The van der Waals surface area contributed by atoms with E-state index >= 15 is 0 Å². The zero-order chi connectivity index (χ0) is 13.7. The van der Waals surface area contributed by atoms with Crippen molar-refractivity contribution >= 4 is 11.9 Å². The fraction of sp³-hybridized carbons (Fsp3) is 0.333. The van der Waals surface area contributed by atoms with Gasteiger partial charge in [0.2, 0.25) is 0 Å². The highest BCUT2D eigenvalue weighted by atomic mass is 16.4. The third-order valence-electron chi connectivity index (χ3n) is 2.55. The van der Waals surface area contributed by atoms with Gasteiger partial charge in [0.1, 0.15) is 0 Å². The first-order valence-electron chi connectivity index (χ1n) is 5.35. The predicted molar refractivity (Wildman–Crippen MR) is 61.9 cm³/mol. The Labute approximate surface area is 103 Å². The van der Waals surface area contributed by atoms with E-state index in [-0.39, 0.29) is 37.2 Å². The van der Waals surface area contributed by atoms with Crippen LogP contribution in [0.25, 0.3) is 0 Å². The minimum atomic E-state index is -1.24. The normalized spacial score (nSPS) is 10.3. The summed E-state index contributed by atoms with van der Waals surface area (Å²) in [5.74, 6) is -2.48. The summed E-state index contributed by atoms with van der Waals surface area (Å²) >= 11 is 0. The lowest BCUT2D eigenvalue weighted by atomic mass is 9.95. The first kappa shape index (κ1) is 14.1. The quantitative estimate of drug-likeness (QED) is 0.574. The van der Waals surface area contributed by atoms with Gasteiger partial charge in [-0.2, -0.15) is 0 Å². The summed E-state index contributed by atoms with van der Waals surface area (Å²) in [4.78, 5) is 22.0. The molecule has 0 fully saturated rings. The number of aliphatic hydroxyl groups is 2. The van der Waals surface area contributed by atoms with Crippen molar-refractivity contribution in [1.29, 1.82) is 0 Å². The van der Waals surface area contributed by atoms with Crippen LogP contribution in [0.5, 0.6) is 0 Å². The van der Waals surface area contributed by atoms with Crippen LogP contribution in [-0.2, 0) is 12.8 Å². The molecule has 0 amide bonds. The SMILES string of the molecule is O=C(O)c1cc(C(=O)O)c(CCO)cc1CCO. The fourth-order valence-electron chi connectivity index (χ4n) is 1.75. The third kappa shape index (κ3) is 3.06. The molecule has 1 rings (SSSR count). The van der Waals surface area contributed by atoms with E-state index in [1.807, 2.05) is 0 Å². The molecule has 0 radical (unpaired) electrons. The van der Waals surface area contributed by atoms with Crippen LogP contribution in [0, 0.1) is 0 Å². The van der Waals surface area contributed by atoms with E-state index in [0.29, 0.717) is 11.1 Å². The Morgan fingerprint density at radius 3 is 1.50 bits per heavy atom. The monoisotopic (exact) mass is 254 g/mol. The molecule has 98 valence electrons. The number of carboxylic acids is 2. The second-order valence-electron chi connectivity index (χ2n) is 3.72. The van der Waals surface area contributed by atoms with Gasteiger partial charge in [-0.15, -0.1) is 0 Å². The molecule has 1 aromatic rings. The zero-order valence-corrected chi connectivity index (χ0v) is 9.59. The van der Waals surface area contributed by atoms with Gasteiger partial charge in [0.15, 0.2) is 0 Å². The van der Waals surface area contributed by atoms with Crippen LogP contribution in [-0.4, -0.2) is 45.6 Å². The maximum atomic E-state index is 11.0. The van der Waals surface area contributed by atoms with Crippen LogP contribution in [0.3, 0.4) is 0 Å². The topological polar surface area (TPSA) is 115 Å². The van der Waals surface area contributed by atoms with Crippen LogP contribution < -0.4 is 0 Å². The first-order chi connectivity index (χ1) is 8.51. The Balaban J connectivity index is 3.39. The summed E-state index contributed by atoms with van der Waals surface area (Å²) in [7, 11) is 0. The van der Waals surface area contributed by atoms with Crippen LogP contribution in [0.1, 0.15) is 31.8 Å². The largest absolute Gasteiger partial charge is 0.478 e. The van der Waals surface area contributed by atoms with Crippen LogP contribution in [0.4, 0.5) is 0 Å².